The summed E-state index contributed by atoms with van der Waals surface area (Å²) >= 11 is 5.99. The Bertz CT molecular complexity index is 741. The van der Waals surface area contributed by atoms with E-state index in [9.17, 15) is 9.18 Å². The first kappa shape index (κ1) is 14.8. The van der Waals surface area contributed by atoms with Crippen LogP contribution < -0.4 is 0 Å². The maximum atomic E-state index is 13.4. The number of hydrogen-bond donors (Lipinski definition) is 0. The molecule has 0 radical (unpaired) electrons. The van der Waals surface area contributed by atoms with Gasteiger partial charge in [-0.15, -0.1) is 0 Å². The van der Waals surface area contributed by atoms with Gasteiger partial charge in [0.1, 0.15) is 5.82 Å². The van der Waals surface area contributed by atoms with Crippen LogP contribution in [0.25, 0.3) is 5.57 Å². The van der Waals surface area contributed by atoms with Gasteiger partial charge in [0.2, 0.25) is 0 Å². The van der Waals surface area contributed by atoms with Crippen molar-refractivity contribution in [1.29, 1.82) is 0 Å². The first-order valence-corrected chi connectivity index (χ1v) is 7.45. The second-order valence-corrected chi connectivity index (χ2v) is 5.85. The molecule has 1 heterocycles. The van der Waals surface area contributed by atoms with Crippen LogP contribution in [0.2, 0.25) is 5.02 Å². The van der Waals surface area contributed by atoms with Gasteiger partial charge in [0, 0.05) is 24.2 Å². The standard InChI is InChI=1S/C18H15ClFNO/c19-16-5-1-3-13(7-16)10-21-11-15(9-18(22)12-21)14-4-2-6-17(20)8-14/h1-8,11H,9-10,12H2. The third-order valence-electron chi connectivity index (χ3n) is 3.58. The fourth-order valence-electron chi connectivity index (χ4n) is 2.64. The largest absolute Gasteiger partial charge is 0.366 e. The van der Waals surface area contributed by atoms with E-state index in [1.165, 1.54) is 12.1 Å². The topological polar surface area (TPSA) is 20.3 Å². The highest BCUT2D eigenvalue weighted by Gasteiger charge is 2.19. The summed E-state index contributed by atoms with van der Waals surface area (Å²) in [4.78, 5) is 13.9. The number of carbonyl (C=O) groups excluding carboxylic acids is 1. The Kier molecular flexibility index (Phi) is 4.25. The van der Waals surface area contributed by atoms with E-state index >= 15 is 0 Å². The van der Waals surface area contributed by atoms with Gasteiger partial charge in [-0.2, -0.15) is 0 Å². The van der Waals surface area contributed by atoms with Crippen molar-refractivity contribution in [3.8, 4) is 0 Å². The van der Waals surface area contributed by atoms with Gasteiger partial charge in [0.05, 0.1) is 6.54 Å². The fourth-order valence-corrected chi connectivity index (χ4v) is 2.86. The highest BCUT2D eigenvalue weighted by Crippen LogP contribution is 2.25. The predicted molar refractivity (Wildman–Crippen MR) is 85.9 cm³/mol. The molecule has 0 atom stereocenters. The lowest BCUT2D eigenvalue weighted by atomic mass is 9.98. The van der Waals surface area contributed by atoms with Gasteiger partial charge in [-0.25, -0.2) is 4.39 Å². The minimum Gasteiger partial charge on any atom is -0.366 e. The molecule has 0 aromatic heterocycles. The molecule has 0 N–H and O–H groups in total. The van der Waals surface area contributed by atoms with E-state index < -0.39 is 0 Å². The molecule has 1 aliphatic rings. The van der Waals surface area contributed by atoms with E-state index in [1.807, 2.05) is 41.4 Å². The summed E-state index contributed by atoms with van der Waals surface area (Å²) in [5.74, 6) is -0.165. The molecule has 2 nitrogen and oxygen atoms in total. The van der Waals surface area contributed by atoms with Crippen LogP contribution in [0.3, 0.4) is 0 Å². The summed E-state index contributed by atoms with van der Waals surface area (Å²) in [5, 5.41) is 0.676. The molecule has 22 heavy (non-hydrogen) atoms. The second-order valence-electron chi connectivity index (χ2n) is 5.42. The van der Waals surface area contributed by atoms with Crippen LogP contribution in [0, 0.1) is 5.82 Å². The smallest absolute Gasteiger partial charge is 0.156 e. The van der Waals surface area contributed by atoms with Gasteiger partial charge >= 0.3 is 0 Å². The van der Waals surface area contributed by atoms with Crippen LogP contribution in [0.1, 0.15) is 17.5 Å². The lowest BCUT2D eigenvalue weighted by Crippen LogP contribution is -2.29. The van der Waals surface area contributed by atoms with Crippen LogP contribution in [-0.2, 0) is 11.3 Å². The average molecular weight is 316 g/mol. The summed E-state index contributed by atoms with van der Waals surface area (Å²) in [7, 11) is 0. The number of Topliss-reactive ketones (excluding diaryl/α,β-unsaturated/α-hetero) is 1. The molecule has 3 rings (SSSR count). The molecule has 0 bridgehead atoms. The van der Waals surface area contributed by atoms with Gasteiger partial charge in [-0.1, -0.05) is 35.9 Å². The molecule has 0 amide bonds. The molecule has 0 spiro atoms. The summed E-state index contributed by atoms with van der Waals surface area (Å²) in [6.07, 6.45) is 2.28. The fraction of sp³-hybridized carbons (Fsp3) is 0.167. The van der Waals surface area contributed by atoms with E-state index in [-0.39, 0.29) is 11.6 Å². The van der Waals surface area contributed by atoms with Gasteiger partial charge in [0.25, 0.3) is 0 Å². The Morgan fingerprint density at radius 3 is 2.73 bits per heavy atom. The van der Waals surface area contributed by atoms with Crippen LogP contribution >= 0.6 is 11.6 Å². The Hall–Kier alpha value is -2.13. The first-order valence-electron chi connectivity index (χ1n) is 7.07. The zero-order valence-electron chi connectivity index (χ0n) is 11.9. The van der Waals surface area contributed by atoms with Crippen molar-refractivity contribution in [1.82, 2.24) is 4.90 Å². The molecule has 0 fully saturated rings. The molecular formula is C18H15ClFNO. The molecule has 1 aliphatic heterocycles. The number of rotatable bonds is 3. The van der Waals surface area contributed by atoms with Crippen molar-refractivity contribution in [3.05, 3.63) is 76.7 Å². The van der Waals surface area contributed by atoms with Crippen molar-refractivity contribution < 1.29 is 9.18 Å². The summed E-state index contributed by atoms with van der Waals surface area (Å²) in [6, 6.07) is 13.9. The third-order valence-corrected chi connectivity index (χ3v) is 3.81. The molecule has 0 aliphatic carbocycles. The molecule has 2 aromatic rings. The minimum atomic E-state index is -0.294. The second kappa shape index (κ2) is 6.32. The summed E-state index contributed by atoms with van der Waals surface area (Å²) in [5.41, 5.74) is 2.64. The number of ketones is 1. The SMILES string of the molecule is O=C1CC(c2cccc(F)c2)=CN(Cc2cccc(Cl)c2)C1. The molecular weight excluding hydrogens is 301 g/mol. The van der Waals surface area contributed by atoms with Crippen LogP contribution in [0.4, 0.5) is 4.39 Å². The Labute approximate surface area is 133 Å². The Morgan fingerprint density at radius 2 is 1.95 bits per heavy atom. The van der Waals surface area contributed by atoms with Gasteiger partial charge in [-0.05, 0) is 41.0 Å². The number of benzene rings is 2. The summed E-state index contributed by atoms with van der Waals surface area (Å²) in [6.45, 7) is 0.969. The zero-order valence-corrected chi connectivity index (χ0v) is 12.7. The van der Waals surface area contributed by atoms with Crippen molar-refractivity contribution in [2.45, 2.75) is 13.0 Å². The molecule has 0 unspecified atom stereocenters. The zero-order chi connectivity index (χ0) is 15.5. The van der Waals surface area contributed by atoms with Crippen LogP contribution in [0.15, 0.2) is 54.7 Å². The van der Waals surface area contributed by atoms with E-state index in [0.29, 0.717) is 24.5 Å². The third kappa shape index (κ3) is 3.55. The van der Waals surface area contributed by atoms with Crippen LogP contribution in [0.5, 0.6) is 0 Å². The number of nitrogens with zero attached hydrogens (tertiary/aromatic N) is 1. The van der Waals surface area contributed by atoms with Crippen molar-refractivity contribution >= 4 is 23.0 Å². The molecule has 2 aromatic carbocycles. The monoisotopic (exact) mass is 315 g/mol. The molecule has 112 valence electrons. The highest BCUT2D eigenvalue weighted by atomic mass is 35.5. The van der Waals surface area contributed by atoms with Crippen molar-refractivity contribution in [2.24, 2.45) is 0 Å². The molecule has 0 saturated heterocycles. The van der Waals surface area contributed by atoms with E-state index in [0.717, 1.165) is 16.7 Å². The molecule has 0 saturated carbocycles. The van der Waals surface area contributed by atoms with E-state index in [2.05, 4.69) is 0 Å². The van der Waals surface area contributed by atoms with Gasteiger partial charge < -0.3 is 4.90 Å². The Balaban J connectivity index is 1.85. The minimum absolute atomic E-state index is 0.129. The first-order chi connectivity index (χ1) is 10.6. The molecule has 4 heteroatoms. The van der Waals surface area contributed by atoms with E-state index in [4.69, 9.17) is 11.6 Å². The lowest BCUT2D eigenvalue weighted by molar-refractivity contribution is -0.119. The van der Waals surface area contributed by atoms with Crippen molar-refractivity contribution in [3.63, 3.8) is 0 Å². The van der Waals surface area contributed by atoms with Gasteiger partial charge in [-0.3, -0.25) is 4.79 Å². The van der Waals surface area contributed by atoms with Crippen molar-refractivity contribution in [2.75, 3.05) is 6.54 Å². The van der Waals surface area contributed by atoms with Gasteiger partial charge in [0.15, 0.2) is 5.78 Å². The number of halogens is 2. The normalized spacial score (nSPS) is 14.9. The number of hydrogen-bond acceptors (Lipinski definition) is 2. The number of allylic oxidation sites excluding steroid dienone is 1. The Morgan fingerprint density at radius 1 is 1.14 bits per heavy atom. The van der Waals surface area contributed by atoms with E-state index in [1.54, 1.807) is 6.07 Å². The lowest BCUT2D eigenvalue weighted by Gasteiger charge is -2.26. The quantitative estimate of drug-likeness (QED) is 0.842. The summed E-state index contributed by atoms with van der Waals surface area (Å²) < 4.78 is 13.4. The van der Waals surface area contributed by atoms with Crippen LogP contribution in [-0.4, -0.2) is 17.2 Å². The predicted octanol–water partition coefficient (Wildman–Crippen LogP) is 4.30. The number of carbonyl (C=O) groups is 1. The average Bonchev–Trinajstić information content (AvgIpc) is 2.46. The maximum Gasteiger partial charge on any atom is 0.156 e. The maximum absolute atomic E-state index is 13.4. The highest BCUT2D eigenvalue weighted by molar-refractivity contribution is 6.30.